The van der Waals surface area contributed by atoms with Gasteiger partial charge in [-0.25, -0.2) is 4.68 Å². The molecule has 0 unspecified atom stereocenters. The number of allylic oxidation sites excluding steroid dienone is 2. The predicted octanol–water partition coefficient (Wildman–Crippen LogP) is 5.03. The largest absolute Gasteiger partial charge is 0.435 e. The SMILES string of the molecule is N#CC(C#N)=C(C#N)Nc1cc(C(F)(F)F)ccc1-n1nc(C(F)(F)F)c2c1CCCC2. The molecule has 12 heteroatoms. The molecule has 0 spiro atoms. The highest BCUT2D eigenvalue weighted by Crippen LogP contribution is 2.39. The van der Waals surface area contributed by atoms with Gasteiger partial charge in [0.05, 0.1) is 16.9 Å². The molecule has 1 aliphatic rings. The Morgan fingerprint density at radius 3 is 2.16 bits per heavy atom. The molecular formula is C20H12F6N6. The highest BCUT2D eigenvalue weighted by Gasteiger charge is 2.40. The summed E-state index contributed by atoms with van der Waals surface area (Å²) >= 11 is 0. The molecule has 0 fully saturated rings. The molecule has 2 aromatic rings. The quantitative estimate of drug-likeness (QED) is 0.522. The highest BCUT2D eigenvalue weighted by atomic mass is 19.4. The summed E-state index contributed by atoms with van der Waals surface area (Å²) in [6.45, 7) is 0. The van der Waals surface area contributed by atoms with Crippen LogP contribution in [0.15, 0.2) is 29.5 Å². The first kappa shape index (κ1) is 22.7. The van der Waals surface area contributed by atoms with Crippen LogP contribution >= 0.6 is 0 Å². The lowest BCUT2D eigenvalue weighted by atomic mass is 9.95. The predicted molar refractivity (Wildman–Crippen MR) is 97.7 cm³/mol. The molecule has 0 saturated carbocycles. The van der Waals surface area contributed by atoms with Gasteiger partial charge in [0.2, 0.25) is 0 Å². The molecule has 1 heterocycles. The minimum Gasteiger partial charge on any atom is -0.343 e. The van der Waals surface area contributed by atoms with Crippen LogP contribution in [0.1, 0.15) is 35.4 Å². The van der Waals surface area contributed by atoms with Gasteiger partial charge in [-0.15, -0.1) is 0 Å². The van der Waals surface area contributed by atoms with E-state index in [1.807, 2.05) is 0 Å². The minimum absolute atomic E-state index is 0.0274. The Balaban J connectivity index is 2.28. The fourth-order valence-corrected chi connectivity index (χ4v) is 3.44. The first-order valence-corrected chi connectivity index (χ1v) is 9.12. The first-order chi connectivity index (χ1) is 15.0. The van der Waals surface area contributed by atoms with Gasteiger partial charge in [0.1, 0.15) is 23.9 Å². The third kappa shape index (κ3) is 4.23. The van der Waals surface area contributed by atoms with Crippen molar-refractivity contribution in [1.29, 1.82) is 15.8 Å². The summed E-state index contributed by atoms with van der Waals surface area (Å²) in [6, 6.07) is 6.59. The van der Waals surface area contributed by atoms with Crippen molar-refractivity contribution in [1.82, 2.24) is 9.78 Å². The van der Waals surface area contributed by atoms with Crippen molar-refractivity contribution < 1.29 is 26.3 Å². The third-order valence-corrected chi connectivity index (χ3v) is 4.85. The van der Waals surface area contributed by atoms with Gasteiger partial charge >= 0.3 is 12.4 Å². The maximum absolute atomic E-state index is 13.5. The van der Waals surface area contributed by atoms with Crippen LogP contribution in [0.5, 0.6) is 0 Å². The second-order valence-corrected chi connectivity index (χ2v) is 6.83. The van der Waals surface area contributed by atoms with Gasteiger partial charge in [0, 0.05) is 11.3 Å². The molecule has 32 heavy (non-hydrogen) atoms. The van der Waals surface area contributed by atoms with Crippen LogP contribution in [-0.2, 0) is 25.2 Å². The Kier molecular flexibility index (Phi) is 5.87. The maximum atomic E-state index is 13.5. The monoisotopic (exact) mass is 450 g/mol. The number of hydrogen-bond donors (Lipinski definition) is 1. The van der Waals surface area contributed by atoms with Gasteiger partial charge in [0.15, 0.2) is 11.3 Å². The summed E-state index contributed by atoms with van der Waals surface area (Å²) in [7, 11) is 0. The number of hydrogen-bond acceptors (Lipinski definition) is 5. The van der Waals surface area contributed by atoms with E-state index in [0.717, 1.165) is 10.7 Å². The van der Waals surface area contributed by atoms with Crippen LogP contribution in [0.25, 0.3) is 5.69 Å². The fourth-order valence-electron chi connectivity index (χ4n) is 3.44. The fraction of sp³-hybridized carbons (Fsp3) is 0.300. The average molecular weight is 450 g/mol. The van der Waals surface area contributed by atoms with Gasteiger partial charge in [-0.1, -0.05) is 0 Å². The Morgan fingerprint density at radius 1 is 0.938 bits per heavy atom. The summed E-state index contributed by atoms with van der Waals surface area (Å²) < 4.78 is 81.3. The topological polar surface area (TPSA) is 101 Å². The average Bonchev–Trinajstić information content (AvgIpc) is 3.13. The molecule has 164 valence electrons. The molecule has 1 aromatic heterocycles. The molecule has 0 saturated heterocycles. The Hall–Kier alpha value is -3.98. The second kappa shape index (κ2) is 8.27. The Labute approximate surface area is 177 Å². The molecule has 1 aromatic carbocycles. The van der Waals surface area contributed by atoms with E-state index >= 15 is 0 Å². The van der Waals surface area contributed by atoms with Crippen LogP contribution in [0.2, 0.25) is 0 Å². The molecule has 0 aliphatic heterocycles. The lowest BCUT2D eigenvalue weighted by molar-refractivity contribution is -0.142. The number of fused-ring (bicyclic) bond motifs is 1. The lowest BCUT2D eigenvalue weighted by Gasteiger charge is -2.18. The van der Waals surface area contributed by atoms with Gasteiger partial charge < -0.3 is 5.32 Å². The molecular weight excluding hydrogens is 438 g/mol. The number of halogens is 6. The van der Waals surface area contributed by atoms with Crippen molar-refractivity contribution in [3.05, 3.63) is 52.0 Å². The molecule has 1 aliphatic carbocycles. The number of alkyl halides is 6. The smallest absolute Gasteiger partial charge is 0.343 e. The van der Waals surface area contributed by atoms with E-state index in [1.165, 1.54) is 18.2 Å². The second-order valence-electron chi connectivity index (χ2n) is 6.83. The number of aromatic nitrogens is 2. The van der Waals surface area contributed by atoms with Crippen molar-refractivity contribution in [3.8, 4) is 23.9 Å². The summed E-state index contributed by atoms with van der Waals surface area (Å²) in [6.07, 6.45) is -8.14. The van der Waals surface area contributed by atoms with E-state index in [-0.39, 0.29) is 29.8 Å². The zero-order valence-corrected chi connectivity index (χ0v) is 16.1. The molecule has 0 atom stereocenters. The zero-order valence-electron chi connectivity index (χ0n) is 16.1. The molecule has 0 bridgehead atoms. The van der Waals surface area contributed by atoms with Crippen LogP contribution in [0.4, 0.5) is 32.0 Å². The number of anilines is 1. The van der Waals surface area contributed by atoms with E-state index in [4.69, 9.17) is 10.5 Å². The van der Waals surface area contributed by atoms with Crippen LogP contribution in [0, 0.1) is 34.0 Å². The van der Waals surface area contributed by atoms with E-state index in [0.29, 0.717) is 25.0 Å². The summed E-state index contributed by atoms with van der Waals surface area (Å²) in [5.74, 6) is 0. The van der Waals surface area contributed by atoms with Crippen LogP contribution < -0.4 is 5.32 Å². The van der Waals surface area contributed by atoms with E-state index < -0.39 is 40.6 Å². The van der Waals surface area contributed by atoms with Crippen molar-refractivity contribution in [2.75, 3.05) is 5.32 Å². The normalized spacial score (nSPS) is 13.3. The van der Waals surface area contributed by atoms with E-state index in [9.17, 15) is 31.6 Å². The third-order valence-electron chi connectivity index (χ3n) is 4.85. The van der Waals surface area contributed by atoms with Crippen molar-refractivity contribution >= 4 is 5.69 Å². The van der Waals surface area contributed by atoms with Gasteiger partial charge in [-0.3, -0.25) is 0 Å². The van der Waals surface area contributed by atoms with Gasteiger partial charge in [-0.2, -0.15) is 47.2 Å². The van der Waals surface area contributed by atoms with E-state index in [1.54, 1.807) is 0 Å². The highest BCUT2D eigenvalue weighted by molar-refractivity contribution is 5.69. The number of nitrogens with zero attached hydrogens (tertiary/aromatic N) is 5. The van der Waals surface area contributed by atoms with Crippen LogP contribution in [-0.4, -0.2) is 9.78 Å². The van der Waals surface area contributed by atoms with Crippen LogP contribution in [0.3, 0.4) is 0 Å². The molecule has 3 rings (SSSR count). The molecule has 0 amide bonds. The standard InChI is InChI=1S/C20H12F6N6/c21-19(22,23)12-5-6-17(14(7-12)30-15(10-29)11(8-27)9-28)32-16-4-2-1-3-13(16)18(31-32)20(24,25)26/h5-7,30H,1-4H2. The summed E-state index contributed by atoms with van der Waals surface area (Å²) in [5, 5.41) is 33.2. The Morgan fingerprint density at radius 2 is 1.59 bits per heavy atom. The van der Waals surface area contributed by atoms with Gasteiger partial charge in [0.25, 0.3) is 0 Å². The van der Waals surface area contributed by atoms with Gasteiger partial charge in [-0.05, 0) is 43.9 Å². The molecule has 0 radical (unpaired) electrons. The number of nitrogens with one attached hydrogen (secondary N) is 1. The van der Waals surface area contributed by atoms with E-state index in [2.05, 4.69) is 10.4 Å². The Bertz CT molecular complexity index is 1200. The lowest BCUT2D eigenvalue weighted by Crippen LogP contribution is -2.13. The molecule has 1 N–H and O–H groups in total. The zero-order chi connectivity index (χ0) is 23.7. The number of nitriles is 3. The first-order valence-electron chi connectivity index (χ1n) is 9.12. The molecule has 6 nitrogen and oxygen atoms in total. The van der Waals surface area contributed by atoms with Crippen molar-refractivity contribution in [2.45, 2.75) is 38.0 Å². The maximum Gasteiger partial charge on any atom is 0.435 e. The summed E-state index contributed by atoms with van der Waals surface area (Å²) in [5.41, 5.74) is -4.05. The minimum atomic E-state index is -4.79. The van der Waals surface area contributed by atoms with Crippen molar-refractivity contribution in [2.24, 2.45) is 0 Å². The van der Waals surface area contributed by atoms with Crippen molar-refractivity contribution in [3.63, 3.8) is 0 Å². The number of benzene rings is 1. The summed E-state index contributed by atoms with van der Waals surface area (Å²) in [4.78, 5) is 0. The number of rotatable bonds is 3.